The number of carbonyl (C=O) groups is 1. The summed E-state index contributed by atoms with van der Waals surface area (Å²) < 4.78 is 1.12. The first-order valence-electron chi connectivity index (χ1n) is 5.26. The third kappa shape index (κ3) is 4.80. The Hall–Kier alpha value is -0.140. The fraction of sp³-hybridized carbons (Fsp3) is 0.545. The van der Waals surface area contributed by atoms with Crippen molar-refractivity contribution in [3.8, 4) is 0 Å². The van der Waals surface area contributed by atoms with E-state index in [4.69, 9.17) is 5.11 Å². The van der Waals surface area contributed by atoms with Crippen LogP contribution in [0.15, 0.2) is 11.4 Å². The maximum atomic E-state index is 11.6. The molecule has 0 fully saturated rings. The molecule has 16 heavy (non-hydrogen) atoms. The lowest BCUT2D eigenvalue weighted by Gasteiger charge is -2.07. The summed E-state index contributed by atoms with van der Waals surface area (Å²) in [6, 6.07) is 1.89. The molecule has 1 aromatic heterocycles. The van der Waals surface area contributed by atoms with Gasteiger partial charge in [-0.2, -0.15) is 0 Å². The molecule has 1 unspecified atom stereocenters. The molecule has 1 heterocycles. The first kappa shape index (κ1) is 13.9. The van der Waals surface area contributed by atoms with Gasteiger partial charge in [-0.3, -0.25) is 4.79 Å². The highest BCUT2D eigenvalue weighted by atomic mass is 127. The topological polar surface area (TPSA) is 49.3 Å². The summed E-state index contributed by atoms with van der Waals surface area (Å²) in [6.45, 7) is 2.90. The van der Waals surface area contributed by atoms with Crippen LogP contribution in [0.25, 0.3) is 0 Å². The number of hydrogen-bond donors (Lipinski definition) is 2. The molecule has 0 aliphatic carbocycles. The van der Waals surface area contributed by atoms with Crippen LogP contribution < -0.4 is 5.32 Å². The fourth-order valence-corrected chi connectivity index (χ4v) is 2.60. The molecule has 1 atom stereocenters. The van der Waals surface area contributed by atoms with Crippen LogP contribution in [0.4, 0.5) is 0 Å². The molecule has 0 spiro atoms. The van der Waals surface area contributed by atoms with Crippen molar-refractivity contribution in [2.24, 2.45) is 5.92 Å². The van der Waals surface area contributed by atoms with Gasteiger partial charge < -0.3 is 10.4 Å². The highest BCUT2D eigenvalue weighted by molar-refractivity contribution is 14.1. The van der Waals surface area contributed by atoms with Crippen LogP contribution in [-0.2, 0) is 0 Å². The Kier molecular flexibility index (Phi) is 6.30. The molecule has 90 valence electrons. The Balaban J connectivity index is 2.21. The molecule has 0 bridgehead atoms. The molecule has 0 radical (unpaired) electrons. The van der Waals surface area contributed by atoms with Gasteiger partial charge in [-0.05, 0) is 47.4 Å². The SMILES string of the molecule is CC(CO)CCCNC(=O)c1csc(I)c1. The Labute approximate surface area is 113 Å². The summed E-state index contributed by atoms with van der Waals surface area (Å²) in [5.41, 5.74) is 0.740. The highest BCUT2D eigenvalue weighted by Crippen LogP contribution is 2.16. The van der Waals surface area contributed by atoms with Crippen molar-refractivity contribution in [3.05, 3.63) is 19.9 Å². The quantitative estimate of drug-likeness (QED) is 0.610. The number of amides is 1. The van der Waals surface area contributed by atoms with Crippen LogP contribution in [0.1, 0.15) is 30.1 Å². The van der Waals surface area contributed by atoms with Crippen LogP contribution in [0, 0.1) is 8.80 Å². The number of aliphatic hydroxyl groups is 1. The summed E-state index contributed by atoms with van der Waals surface area (Å²) in [7, 11) is 0. The average Bonchev–Trinajstić information content (AvgIpc) is 2.70. The van der Waals surface area contributed by atoms with Gasteiger partial charge >= 0.3 is 0 Å². The molecule has 1 aromatic rings. The van der Waals surface area contributed by atoms with Gasteiger partial charge in [0.05, 0.1) is 8.45 Å². The van der Waals surface area contributed by atoms with E-state index in [1.807, 2.05) is 18.4 Å². The monoisotopic (exact) mass is 353 g/mol. The lowest BCUT2D eigenvalue weighted by atomic mass is 10.1. The molecule has 0 aliphatic heterocycles. The number of halogens is 1. The maximum absolute atomic E-state index is 11.6. The number of rotatable bonds is 6. The number of hydrogen-bond acceptors (Lipinski definition) is 3. The van der Waals surface area contributed by atoms with Gasteiger partial charge in [-0.15, -0.1) is 11.3 Å². The third-order valence-electron chi connectivity index (χ3n) is 2.30. The highest BCUT2D eigenvalue weighted by Gasteiger charge is 2.07. The smallest absolute Gasteiger partial charge is 0.252 e. The van der Waals surface area contributed by atoms with Crippen LogP contribution >= 0.6 is 33.9 Å². The first-order valence-corrected chi connectivity index (χ1v) is 7.22. The average molecular weight is 353 g/mol. The number of carbonyl (C=O) groups excluding carboxylic acids is 1. The minimum atomic E-state index is -0.00387. The molecule has 5 heteroatoms. The molecule has 0 aromatic carbocycles. The van der Waals surface area contributed by atoms with E-state index < -0.39 is 0 Å². The Morgan fingerprint density at radius 1 is 1.69 bits per heavy atom. The normalized spacial score (nSPS) is 12.4. The van der Waals surface area contributed by atoms with Gasteiger partial charge in [0.15, 0.2) is 0 Å². The van der Waals surface area contributed by atoms with Gasteiger partial charge in [0.1, 0.15) is 0 Å². The molecule has 1 rings (SSSR count). The Bertz CT molecular complexity index is 340. The largest absolute Gasteiger partial charge is 0.396 e. The molecular formula is C11H16INO2S. The number of aliphatic hydroxyl groups excluding tert-OH is 1. The lowest BCUT2D eigenvalue weighted by Crippen LogP contribution is -2.24. The van der Waals surface area contributed by atoms with Gasteiger partial charge in [0.2, 0.25) is 0 Å². The van der Waals surface area contributed by atoms with E-state index >= 15 is 0 Å². The molecule has 2 N–H and O–H groups in total. The predicted octanol–water partition coefficient (Wildman–Crippen LogP) is 2.49. The van der Waals surface area contributed by atoms with Crippen molar-refractivity contribution >= 4 is 39.8 Å². The van der Waals surface area contributed by atoms with Gasteiger partial charge in [0, 0.05) is 18.5 Å². The molecule has 0 saturated carbocycles. The molecule has 0 saturated heterocycles. The van der Waals surface area contributed by atoms with E-state index in [0.717, 1.165) is 21.3 Å². The standard InChI is InChI=1S/C11H16INO2S/c1-8(6-14)3-2-4-13-11(15)9-5-10(12)16-7-9/h5,7-8,14H,2-4,6H2,1H3,(H,13,15). The van der Waals surface area contributed by atoms with Gasteiger partial charge in [-0.25, -0.2) is 0 Å². The molecule has 3 nitrogen and oxygen atoms in total. The molecular weight excluding hydrogens is 337 g/mol. The summed E-state index contributed by atoms with van der Waals surface area (Å²) in [6.07, 6.45) is 1.85. The van der Waals surface area contributed by atoms with E-state index in [2.05, 4.69) is 27.9 Å². The van der Waals surface area contributed by atoms with Gasteiger partial charge in [0.25, 0.3) is 5.91 Å². The summed E-state index contributed by atoms with van der Waals surface area (Å²) >= 11 is 3.78. The van der Waals surface area contributed by atoms with Crippen molar-refractivity contribution in [3.63, 3.8) is 0 Å². The first-order chi connectivity index (χ1) is 7.63. The third-order valence-corrected chi connectivity index (χ3v) is 4.09. The van der Waals surface area contributed by atoms with Crippen molar-refractivity contribution < 1.29 is 9.90 Å². The Morgan fingerprint density at radius 3 is 3.00 bits per heavy atom. The second-order valence-corrected chi connectivity index (χ2v) is 6.63. The van der Waals surface area contributed by atoms with Crippen molar-refractivity contribution in [1.29, 1.82) is 0 Å². The van der Waals surface area contributed by atoms with E-state index in [0.29, 0.717) is 12.5 Å². The van der Waals surface area contributed by atoms with E-state index in [1.54, 1.807) is 11.3 Å². The van der Waals surface area contributed by atoms with Crippen molar-refractivity contribution in [1.82, 2.24) is 5.32 Å². The minimum Gasteiger partial charge on any atom is -0.396 e. The van der Waals surface area contributed by atoms with Crippen LogP contribution in [0.5, 0.6) is 0 Å². The fourth-order valence-electron chi connectivity index (χ4n) is 1.27. The zero-order chi connectivity index (χ0) is 12.0. The summed E-state index contributed by atoms with van der Waals surface area (Å²) in [4.78, 5) is 11.6. The molecule has 0 aliphatic rings. The zero-order valence-electron chi connectivity index (χ0n) is 9.20. The number of nitrogens with one attached hydrogen (secondary N) is 1. The van der Waals surface area contributed by atoms with E-state index in [9.17, 15) is 4.79 Å². The van der Waals surface area contributed by atoms with Crippen LogP contribution in [0.3, 0.4) is 0 Å². The zero-order valence-corrected chi connectivity index (χ0v) is 12.2. The Morgan fingerprint density at radius 2 is 2.44 bits per heavy atom. The van der Waals surface area contributed by atoms with Crippen LogP contribution in [0.2, 0.25) is 0 Å². The maximum Gasteiger partial charge on any atom is 0.252 e. The lowest BCUT2D eigenvalue weighted by molar-refractivity contribution is 0.0952. The minimum absolute atomic E-state index is 0.00387. The van der Waals surface area contributed by atoms with Crippen LogP contribution in [-0.4, -0.2) is 24.2 Å². The second kappa shape index (κ2) is 7.24. The second-order valence-electron chi connectivity index (χ2n) is 3.83. The van der Waals surface area contributed by atoms with E-state index in [-0.39, 0.29) is 12.5 Å². The van der Waals surface area contributed by atoms with Gasteiger partial charge in [-0.1, -0.05) is 6.92 Å². The number of thiophene rings is 1. The summed E-state index contributed by atoms with van der Waals surface area (Å²) in [5, 5.41) is 13.6. The van der Waals surface area contributed by atoms with E-state index in [1.165, 1.54) is 0 Å². The van der Waals surface area contributed by atoms with Crippen molar-refractivity contribution in [2.75, 3.05) is 13.2 Å². The molecule has 1 amide bonds. The summed E-state index contributed by atoms with van der Waals surface area (Å²) in [5.74, 6) is 0.315. The predicted molar refractivity (Wildman–Crippen MR) is 74.9 cm³/mol. The van der Waals surface area contributed by atoms with Crippen molar-refractivity contribution in [2.45, 2.75) is 19.8 Å².